The van der Waals surface area contributed by atoms with E-state index in [1.54, 1.807) is 0 Å². The van der Waals surface area contributed by atoms with Crippen LogP contribution >= 0.6 is 0 Å². The van der Waals surface area contributed by atoms with Crippen molar-refractivity contribution in [3.8, 4) is 0 Å². The maximum atomic E-state index is 10.6. The van der Waals surface area contributed by atoms with E-state index in [0.717, 1.165) is 32.7 Å². The summed E-state index contributed by atoms with van der Waals surface area (Å²) in [5, 5.41) is 10.4. The molecule has 22 heavy (non-hydrogen) atoms. The number of nitrogens with one attached hydrogen (secondary N) is 1. The summed E-state index contributed by atoms with van der Waals surface area (Å²) in [4.78, 5) is 21.7. The van der Waals surface area contributed by atoms with Gasteiger partial charge in [-0.3, -0.25) is 9.69 Å². The number of alkyl halides is 3. The Labute approximate surface area is 126 Å². The van der Waals surface area contributed by atoms with Gasteiger partial charge in [-0.25, -0.2) is 4.79 Å². The number of rotatable bonds is 6. The second-order valence-electron chi connectivity index (χ2n) is 4.35. The molecule has 0 atom stereocenters. The Kier molecular flexibility index (Phi) is 10.5. The molecule has 0 aromatic rings. The quantitative estimate of drug-likeness (QED) is 0.528. The number of carbonyl (C=O) groups is 2. The van der Waals surface area contributed by atoms with Gasteiger partial charge >= 0.3 is 18.1 Å². The van der Waals surface area contributed by atoms with Gasteiger partial charge in [0.1, 0.15) is 6.61 Å². The molecule has 10 heteroatoms. The number of carboxylic acid groups (broad SMARTS) is 1. The second kappa shape index (κ2) is 11.2. The van der Waals surface area contributed by atoms with Gasteiger partial charge in [-0.2, -0.15) is 13.2 Å². The highest BCUT2D eigenvalue weighted by Crippen LogP contribution is 2.13. The minimum Gasteiger partial charge on any atom is -0.475 e. The van der Waals surface area contributed by atoms with Crippen molar-refractivity contribution >= 4 is 11.9 Å². The Bertz CT molecular complexity index is 333. The average molecular weight is 330 g/mol. The van der Waals surface area contributed by atoms with E-state index in [-0.39, 0.29) is 5.97 Å². The van der Waals surface area contributed by atoms with Gasteiger partial charge in [-0.05, 0) is 0 Å². The number of aliphatic carboxylic acids is 1. The van der Waals surface area contributed by atoms with E-state index in [1.165, 1.54) is 6.92 Å². The van der Waals surface area contributed by atoms with Crippen LogP contribution in [0.1, 0.15) is 6.92 Å². The lowest BCUT2D eigenvalue weighted by molar-refractivity contribution is -0.192. The number of piperazine rings is 1. The number of ether oxygens (including phenoxy) is 2. The number of carboxylic acids is 1. The van der Waals surface area contributed by atoms with Crippen LogP contribution in [0, 0.1) is 0 Å². The van der Waals surface area contributed by atoms with Crippen LogP contribution in [0.5, 0.6) is 0 Å². The van der Waals surface area contributed by atoms with Crippen molar-refractivity contribution < 1.29 is 37.3 Å². The summed E-state index contributed by atoms with van der Waals surface area (Å²) in [5.74, 6) is -3.01. The summed E-state index contributed by atoms with van der Waals surface area (Å²) < 4.78 is 41.8. The maximum absolute atomic E-state index is 10.6. The predicted molar refractivity (Wildman–Crippen MR) is 70.5 cm³/mol. The fourth-order valence-electron chi connectivity index (χ4n) is 1.47. The first-order chi connectivity index (χ1) is 10.2. The van der Waals surface area contributed by atoms with Gasteiger partial charge in [0, 0.05) is 39.6 Å². The number of nitrogens with zero attached hydrogens (tertiary/aromatic N) is 1. The Hall–Kier alpha value is -1.39. The molecule has 2 N–H and O–H groups in total. The Morgan fingerprint density at radius 2 is 1.73 bits per heavy atom. The summed E-state index contributed by atoms with van der Waals surface area (Å²) >= 11 is 0. The summed E-state index contributed by atoms with van der Waals surface area (Å²) in [6.45, 7) is 8.23. The van der Waals surface area contributed by atoms with Crippen LogP contribution in [0.2, 0.25) is 0 Å². The molecule has 0 saturated carbocycles. The smallest absolute Gasteiger partial charge is 0.475 e. The summed E-state index contributed by atoms with van der Waals surface area (Å²) in [6.07, 6.45) is -5.08. The van der Waals surface area contributed by atoms with E-state index in [0.29, 0.717) is 19.8 Å². The van der Waals surface area contributed by atoms with E-state index >= 15 is 0 Å². The third-order valence-corrected chi connectivity index (χ3v) is 2.54. The van der Waals surface area contributed by atoms with Crippen LogP contribution in [0.4, 0.5) is 13.2 Å². The average Bonchev–Trinajstić information content (AvgIpc) is 2.43. The fraction of sp³-hybridized carbons (Fsp3) is 0.833. The molecule has 7 nitrogen and oxygen atoms in total. The molecule has 0 bridgehead atoms. The molecule has 1 saturated heterocycles. The van der Waals surface area contributed by atoms with Crippen LogP contribution in [0.25, 0.3) is 0 Å². The van der Waals surface area contributed by atoms with E-state index in [1.807, 2.05) is 0 Å². The first-order valence-electron chi connectivity index (χ1n) is 6.67. The van der Waals surface area contributed by atoms with Crippen LogP contribution in [0.15, 0.2) is 0 Å². The lowest BCUT2D eigenvalue weighted by Gasteiger charge is -2.26. The topological polar surface area (TPSA) is 88.1 Å². The zero-order valence-corrected chi connectivity index (χ0v) is 12.3. The standard InChI is InChI=1S/C10H20N2O3.C2HF3O2/c1-10(13)15-9-8-14-7-6-12-4-2-11-3-5-12;3-2(4,5)1(6)7/h11H,2-9H2,1H3;(H,6,7). The molecule has 0 aromatic carbocycles. The number of hydrogen-bond acceptors (Lipinski definition) is 6. The van der Waals surface area contributed by atoms with Crippen LogP contribution in [0.3, 0.4) is 0 Å². The first kappa shape index (κ1) is 20.6. The van der Waals surface area contributed by atoms with Crippen molar-refractivity contribution in [1.82, 2.24) is 10.2 Å². The van der Waals surface area contributed by atoms with Gasteiger partial charge in [0.25, 0.3) is 0 Å². The molecule has 0 aromatic heterocycles. The fourth-order valence-corrected chi connectivity index (χ4v) is 1.47. The Balaban J connectivity index is 0.000000534. The molecule has 1 fully saturated rings. The molecule has 1 rings (SSSR count). The lowest BCUT2D eigenvalue weighted by Crippen LogP contribution is -2.44. The molecule has 0 radical (unpaired) electrons. The number of halogens is 3. The van der Waals surface area contributed by atoms with Crippen LogP contribution in [-0.2, 0) is 19.1 Å². The largest absolute Gasteiger partial charge is 0.490 e. The van der Waals surface area contributed by atoms with Gasteiger partial charge in [0.05, 0.1) is 13.2 Å². The summed E-state index contributed by atoms with van der Waals surface area (Å²) in [7, 11) is 0. The van der Waals surface area contributed by atoms with Crippen molar-refractivity contribution in [3.05, 3.63) is 0 Å². The third-order valence-electron chi connectivity index (χ3n) is 2.54. The highest BCUT2D eigenvalue weighted by molar-refractivity contribution is 5.73. The zero-order valence-electron chi connectivity index (χ0n) is 12.3. The molecular formula is C12H21F3N2O5. The maximum Gasteiger partial charge on any atom is 0.490 e. The van der Waals surface area contributed by atoms with Gasteiger partial charge in [0.2, 0.25) is 0 Å². The number of carbonyl (C=O) groups excluding carboxylic acids is 1. The van der Waals surface area contributed by atoms with Gasteiger partial charge in [-0.1, -0.05) is 0 Å². The van der Waals surface area contributed by atoms with E-state index in [4.69, 9.17) is 19.4 Å². The molecular weight excluding hydrogens is 309 g/mol. The van der Waals surface area contributed by atoms with Crippen molar-refractivity contribution in [2.45, 2.75) is 13.1 Å². The molecule has 1 heterocycles. The molecule has 0 unspecified atom stereocenters. The van der Waals surface area contributed by atoms with E-state index < -0.39 is 12.1 Å². The Morgan fingerprint density at radius 3 is 2.18 bits per heavy atom. The highest BCUT2D eigenvalue weighted by atomic mass is 19.4. The van der Waals surface area contributed by atoms with E-state index in [9.17, 15) is 18.0 Å². The molecule has 0 spiro atoms. The molecule has 0 amide bonds. The monoisotopic (exact) mass is 330 g/mol. The third kappa shape index (κ3) is 12.4. The zero-order chi connectivity index (χ0) is 17.0. The number of hydrogen-bond donors (Lipinski definition) is 2. The normalized spacial score (nSPS) is 15.6. The van der Waals surface area contributed by atoms with Crippen molar-refractivity contribution in [2.24, 2.45) is 0 Å². The van der Waals surface area contributed by atoms with Crippen LogP contribution in [-0.4, -0.2) is 80.7 Å². The molecule has 1 aliphatic heterocycles. The minimum absolute atomic E-state index is 0.249. The molecule has 0 aliphatic carbocycles. The van der Waals surface area contributed by atoms with Gasteiger partial charge < -0.3 is 19.9 Å². The van der Waals surface area contributed by atoms with Gasteiger partial charge in [0.15, 0.2) is 0 Å². The van der Waals surface area contributed by atoms with Crippen LogP contribution < -0.4 is 5.32 Å². The molecule has 130 valence electrons. The van der Waals surface area contributed by atoms with Crippen molar-refractivity contribution in [2.75, 3.05) is 52.5 Å². The number of esters is 1. The van der Waals surface area contributed by atoms with Crippen molar-refractivity contribution in [3.63, 3.8) is 0 Å². The summed E-state index contributed by atoms with van der Waals surface area (Å²) in [6, 6.07) is 0. The molecule has 1 aliphatic rings. The Morgan fingerprint density at radius 1 is 1.18 bits per heavy atom. The van der Waals surface area contributed by atoms with E-state index in [2.05, 4.69) is 10.2 Å². The lowest BCUT2D eigenvalue weighted by atomic mass is 10.4. The second-order valence-corrected chi connectivity index (χ2v) is 4.35. The van der Waals surface area contributed by atoms with Gasteiger partial charge in [-0.15, -0.1) is 0 Å². The first-order valence-corrected chi connectivity index (χ1v) is 6.67. The minimum atomic E-state index is -5.08. The highest BCUT2D eigenvalue weighted by Gasteiger charge is 2.38. The SMILES string of the molecule is CC(=O)OCCOCCN1CCNCC1.O=C(O)C(F)(F)F. The predicted octanol–water partition coefficient (Wildman–Crippen LogP) is 0.105. The van der Waals surface area contributed by atoms with Crippen molar-refractivity contribution in [1.29, 1.82) is 0 Å². The summed E-state index contributed by atoms with van der Waals surface area (Å²) in [5.41, 5.74) is 0.